The van der Waals surface area contributed by atoms with E-state index in [1.165, 1.54) is 25.3 Å². The van der Waals surface area contributed by atoms with Crippen LogP contribution < -0.4 is 9.47 Å². The second-order valence-electron chi connectivity index (χ2n) is 6.70. The van der Waals surface area contributed by atoms with E-state index in [0.29, 0.717) is 22.6 Å². The second kappa shape index (κ2) is 10.6. The fourth-order valence-corrected chi connectivity index (χ4v) is 3.78. The number of nitro benzene ring substituents is 1. The number of nitro groups is 1. The normalized spacial score (nSPS) is 14.5. The largest absolute Gasteiger partial charge is 0.493 e. The highest BCUT2D eigenvalue weighted by molar-refractivity contribution is 8.18. The molecule has 1 aliphatic heterocycles. The van der Waals surface area contributed by atoms with Crippen LogP contribution in [0.2, 0.25) is 0 Å². The molecule has 0 atom stereocenters. The van der Waals surface area contributed by atoms with Crippen molar-refractivity contribution in [2.75, 3.05) is 20.3 Å². The topological polar surface area (TPSA) is 125 Å². The number of hydrogen-bond acceptors (Lipinski definition) is 9. The van der Waals surface area contributed by atoms with E-state index < -0.39 is 28.6 Å². The van der Waals surface area contributed by atoms with E-state index in [1.807, 2.05) is 0 Å². The highest BCUT2D eigenvalue weighted by atomic mass is 32.2. The van der Waals surface area contributed by atoms with Gasteiger partial charge in [-0.3, -0.25) is 29.4 Å². The lowest BCUT2D eigenvalue weighted by Crippen LogP contribution is -2.34. The Kier molecular flexibility index (Phi) is 7.67. The van der Waals surface area contributed by atoms with Crippen molar-refractivity contribution in [3.63, 3.8) is 0 Å². The molecule has 10 nitrogen and oxygen atoms in total. The average Bonchev–Trinajstić information content (AvgIpc) is 3.05. The number of imide groups is 1. The first-order valence-electron chi connectivity index (χ1n) is 9.77. The molecule has 1 fully saturated rings. The molecule has 172 valence electrons. The number of esters is 1. The van der Waals surface area contributed by atoms with Crippen LogP contribution in [-0.4, -0.2) is 47.2 Å². The minimum absolute atomic E-state index is 0.0321. The van der Waals surface area contributed by atoms with Crippen molar-refractivity contribution in [1.29, 1.82) is 0 Å². The molecule has 1 heterocycles. The van der Waals surface area contributed by atoms with E-state index in [1.54, 1.807) is 37.3 Å². The summed E-state index contributed by atoms with van der Waals surface area (Å²) in [5.41, 5.74) is 1.16. The molecule has 0 unspecified atom stereocenters. The van der Waals surface area contributed by atoms with Crippen molar-refractivity contribution in [3.8, 4) is 11.5 Å². The van der Waals surface area contributed by atoms with Crippen molar-refractivity contribution in [3.05, 3.63) is 68.6 Å². The third-order valence-corrected chi connectivity index (χ3v) is 5.37. The first-order chi connectivity index (χ1) is 15.8. The molecule has 3 rings (SSSR count). The number of rotatable bonds is 9. The molecule has 2 amide bonds. The molecule has 0 aliphatic carbocycles. The van der Waals surface area contributed by atoms with Crippen molar-refractivity contribution in [2.45, 2.75) is 13.5 Å². The predicted molar refractivity (Wildman–Crippen MR) is 120 cm³/mol. The summed E-state index contributed by atoms with van der Waals surface area (Å²) in [5, 5.41) is 10.4. The van der Waals surface area contributed by atoms with E-state index in [2.05, 4.69) is 0 Å². The number of hydrogen-bond donors (Lipinski definition) is 0. The summed E-state index contributed by atoms with van der Waals surface area (Å²) in [7, 11) is 1.45. The average molecular weight is 472 g/mol. The van der Waals surface area contributed by atoms with Crippen LogP contribution in [0.25, 0.3) is 6.08 Å². The number of non-ortho nitro benzene ring substituents is 1. The summed E-state index contributed by atoms with van der Waals surface area (Å²) < 4.78 is 15.9. The second-order valence-corrected chi connectivity index (χ2v) is 7.69. The van der Waals surface area contributed by atoms with Crippen LogP contribution in [0.1, 0.15) is 18.1 Å². The maximum atomic E-state index is 12.5. The Bertz CT molecular complexity index is 1130. The van der Waals surface area contributed by atoms with Crippen LogP contribution in [0.4, 0.5) is 10.5 Å². The quantitative estimate of drug-likeness (QED) is 0.232. The van der Waals surface area contributed by atoms with Crippen LogP contribution >= 0.6 is 11.8 Å². The van der Waals surface area contributed by atoms with Gasteiger partial charge in [-0.15, -0.1) is 0 Å². The molecule has 1 aliphatic rings. The number of benzene rings is 2. The van der Waals surface area contributed by atoms with Gasteiger partial charge in [0.15, 0.2) is 11.5 Å². The minimum Gasteiger partial charge on any atom is -0.493 e. The monoisotopic (exact) mass is 472 g/mol. The van der Waals surface area contributed by atoms with E-state index in [9.17, 15) is 24.5 Å². The van der Waals surface area contributed by atoms with Gasteiger partial charge in [0.2, 0.25) is 0 Å². The SMILES string of the molecule is CCOC(=O)CN1C(=O)S/C(=C/c2ccc(OCc3cccc([N+](=O)[O-])c3)c(OC)c2)C1=O. The molecule has 33 heavy (non-hydrogen) atoms. The Labute approximate surface area is 193 Å². The van der Waals surface area contributed by atoms with Gasteiger partial charge in [0, 0.05) is 12.1 Å². The van der Waals surface area contributed by atoms with Crippen LogP contribution in [0.5, 0.6) is 11.5 Å². The Hall–Kier alpha value is -3.86. The summed E-state index contributed by atoms with van der Waals surface area (Å²) >= 11 is 0.729. The molecular weight excluding hydrogens is 452 g/mol. The van der Waals surface area contributed by atoms with Gasteiger partial charge >= 0.3 is 5.97 Å². The van der Waals surface area contributed by atoms with Crippen LogP contribution in [0.3, 0.4) is 0 Å². The number of thioether (sulfide) groups is 1. The summed E-state index contributed by atoms with van der Waals surface area (Å²) in [6, 6.07) is 11.0. The predicted octanol–water partition coefficient (Wildman–Crippen LogP) is 3.78. The molecule has 0 N–H and O–H groups in total. The lowest BCUT2D eigenvalue weighted by Gasteiger charge is -2.12. The van der Waals surface area contributed by atoms with Gasteiger partial charge in [-0.25, -0.2) is 0 Å². The molecule has 0 radical (unpaired) electrons. The summed E-state index contributed by atoms with van der Waals surface area (Å²) in [5.74, 6) is -0.465. The molecule has 11 heteroatoms. The molecule has 2 aromatic carbocycles. The van der Waals surface area contributed by atoms with Crippen molar-refractivity contribution >= 4 is 40.6 Å². The lowest BCUT2D eigenvalue weighted by molar-refractivity contribution is -0.384. The fraction of sp³-hybridized carbons (Fsp3) is 0.227. The molecule has 0 aromatic heterocycles. The third kappa shape index (κ3) is 5.89. The van der Waals surface area contributed by atoms with Crippen LogP contribution in [0, 0.1) is 10.1 Å². The maximum absolute atomic E-state index is 12.5. The fourth-order valence-electron chi connectivity index (χ4n) is 2.94. The number of carbonyl (C=O) groups excluding carboxylic acids is 3. The minimum atomic E-state index is -0.659. The summed E-state index contributed by atoms with van der Waals surface area (Å²) in [6.45, 7) is 1.43. The van der Waals surface area contributed by atoms with Crippen LogP contribution in [-0.2, 0) is 20.9 Å². The van der Waals surface area contributed by atoms with E-state index in [0.717, 1.165) is 16.7 Å². The van der Waals surface area contributed by atoms with Gasteiger partial charge in [0.25, 0.3) is 16.8 Å². The lowest BCUT2D eigenvalue weighted by atomic mass is 10.1. The zero-order chi connectivity index (χ0) is 24.0. The van der Waals surface area contributed by atoms with Gasteiger partial charge in [-0.2, -0.15) is 0 Å². The number of ether oxygens (including phenoxy) is 3. The number of carbonyl (C=O) groups is 3. The Morgan fingerprint density at radius 2 is 1.97 bits per heavy atom. The molecule has 1 saturated heterocycles. The number of methoxy groups -OCH3 is 1. The zero-order valence-corrected chi connectivity index (χ0v) is 18.6. The molecule has 0 spiro atoms. The van der Waals surface area contributed by atoms with E-state index >= 15 is 0 Å². The van der Waals surface area contributed by atoms with E-state index in [-0.39, 0.29) is 23.8 Å². The Morgan fingerprint density at radius 1 is 1.18 bits per heavy atom. The highest BCUT2D eigenvalue weighted by Crippen LogP contribution is 2.34. The van der Waals surface area contributed by atoms with Gasteiger partial charge in [-0.05, 0) is 48.0 Å². The maximum Gasteiger partial charge on any atom is 0.326 e. The van der Waals surface area contributed by atoms with Crippen molar-refractivity contribution in [2.24, 2.45) is 0 Å². The molecular formula is C22H20N2O8S. The van der Waals surface area contributed by atoms with Crippen molar-refractivity contribution < 1.29 is 33.5 Å². The smallest absolute Gasteiger partial charge is 0.326 e. The van der Waals surface area contributed by atoms with Crippen molar-refractivity contribution in [1.82, 2.24) is 4.90 Å². The zero-order valence-electron chi connectivity index (χ0n) is 17.8. The van der Waals surface area contributed by atoms with Gasteiger partial charge in [0.05, 0.1) is 23.5 Å². The van der Waals surface area contributed by atoms with E-state index in [4.69, 9.17) is 14.2 Å². The van der Waals surface area contributed by atoms with Gasteiger partial charge < -0.3 is 14.2 Å². The highest BCUT2D eigenvalue weighted by Gasteiger charge is 2.36. The summed E-state index contributed by atoms with van der Waals surface area (Å²) in [6.07, 6.45) is 1.52. The number of nitrogens with zero attached hydrogens (tertiary/aromatic N) is 2. The molecule has 2 aromatic rings. The third-order valence-electron chi connectivity index (χ3n) is 4.47. The first kappa shape index (κ1) is 23.8. The first-order valence-corrected chi connectivity index (χ1v) is 10.6. The van der Waals surface area contributed by atoms with Crippen LogP contribution in [0.15, 0.2) is 47.4 Å². The number of amides is 2. The standard InChI is InChI=1S/C22H20N2O8S/c1-3-31-20(25)12-23-21(26)19(33-22(23)27)11-14-7-8-17(18(10-14)30-2)32-13-15-5-4-6-16(9-15)24(28)29/h4-11H,3,12-13H2,1-2H3/b19-11+. The molecule has 0 saturated carbocycles. The Balaban J connectivity index is 1.73. The van der Waals surface area contributed by atoms with Gasteiger partial charge in [-0.1, -0.05) is 18.2 Å². The molecule has 0 bridgehead atoms. The Morgan fingerprint density at radius 3 is 2.67 bits per heavy atom. The summed E-state index contributed by atoms with van der Waals surface area (Å²) in [4.78, 5) is 47.7. The van der Waals surface area contributed by atoms with Gasteiger partial charge in [0.1, 0.15) is 13.2 Å².